The Labute approximate surface area is 194 Å². The molecule has 1 spiro atoms. The number of para-hydroxylation sites is 1. The van der Waals surface area contributed by atoms with E-state index < -0.39 is 0 Å². The summed E-state index contributed by atoms with van der Waals surface area (Å²) in [7, 11) is 3.76. The molecule has 1 aromatic heterocycles. The van der Waals surface area contributed by atoms with E-state index in [1.165, 1.54) is 40.4 Å². The van der Waals surface area contributed by atoms with E-state index >= 15 is 0 Å². The fraction of sp³-hybridized carbons (Fsp3) is 0.464. The van der Waals surface area contributed by atoms with Gasteiger partial charge in [-0.3, -0.25) is 4.79 Å². The molecule has 5 heteroatoms. The lowest BCUT2D eigenvalue weighted by molar-refractivity contribution is -0.141. The average molecular weight is 443 g/mol. The number of fused-ring (bicyclic) bond motifs is 4. The molecule has 4 aliphatic rings. The van der Waals surface area contributed by atoms with E-state index in [-0.39, 0.29) is 29.4 Å². The number of carbonyl (C=O) groups is 1. The van der Waals surface area contributed by atoms with E-state index in [2.05, 4.69) is 66.8 Å². The lowest BCUT2D eigenvalue weighted by Crippen LogP contribution is -2.68. The third-order valence-electron chi connectivity index (χ3n) is 9.56. The van der Waals surface area contributed by atoms with Crippen molar-refractivity contribution in [2.24, 2.45) is 5.41 Å². The fourth-order valence-electron chi connectivity index (χ4n) is 8.07. The number of likely N-dealkylation sites (tertiary alicyclic amines) is 1. The van der Waals surface area contributed by atoms with Gasteiger partial charge in [0, 0.05) is 27.9 Å². The second kappa shape index (κ2) is 6.20. The van der Waals surface area contributed by atoms with E-state index in [1.54, 1.807) is 0 Å². The first-order valence-electron chi connectivity index (χ1n) is 12.1. The van der Waals surface area contributed by atoms with Crippen molar-refractivity contribution in [3.63, 3.8) is 0 Å². The van der Waals surface area contributed by atoms with Gasteiger partial charge in [-0.2, -0.15) is 0 Å². The van der Waals surface area contributed by atoms with Crippen molar-refractivity contribution < 1.29 is 14.3 Å². The Bertz CT molecular complexity index is 1360. The molecule has 2 aromatic carbocycles. The lowest BCUT2D eigenvalue weighted by atomic mass is 9.44. The molecule has 3 aromatic rings. The Morgan fingerprint density at radius 1 is 1.24 bits per heavy atom. The van der Waals surface area contributed by atoms with Crippen LogP contribution >= 0.6 is 0 Å². The number of benzene rings is 2. The number of aromatic nitrogens is 1. The van der Waals surface area contributed by atoms with Crippen molar-refractivity contribution in [3.05, 3.63) is 64.3 Å². The first-order valence-corrected chi connectivity index (χ1v) is 12.1. The molecule has 2 bridgehead atoms. The van der Waals surface area contributed by atoms with Crippen molar-refractivity contribution in [1.82, 2.24) is 9.47 Å². The number of hydrogen-bond donors (Lipinski definition) is 0. The number of likely N-dealkylation sites (N-methyl/N-ethyl adjacent to an activating group) is 1. The molecule has 0 radical (unpaired) electrons. The van der Waals surface area contributed by atoms with Gasteiger partial charge in [0.05, 0.1) is 18.2 Å². The second-order valence-electron chi connectivity index (χ2n) is 10.8. The molecule has 1 fully saturated rings. The molecule has 33 heavy (non-hydrogen) atoms. The maximum atomic E-state index is 12.5. The predicted molar refractivity (Wildman–Crippen MR) is 127 cm³/mol. The normalized spacial score (nSPS) is 31.2. The largest absolute Gasteiger partial charge is 0.483 e. The predicted octanol–water partition coefficient (Wildman–Crippen LogP) is 4.32. The van der Waals surface area contributed by atoms with Gasteiger partial charge in [-0.05, 0) is 62.5 Å². The molecule has 1 saturated heterocycles. The van der Waals surface area contributed by atoms with Crippen LogP contribution < -0.4 is 4.74 Å². The molecule has 1 unspecified atom stereocenters. The van der Waals surface area contributed by atoms with Crippen LogP contribution in [0.1, 0.15) is 47.4 Å². The molecule has 170 valence electrons. The van der Waals surface area contributed by atoms with Crippen LogP contribution in [0.25, 0.3) is 10.9 Å². The van der Waals surface area contributed by atoms with Gasteiger partial charge in [0.25, 0.3) is 0 Å². The molecule has 0 saturated carbocycles. The smallest absolute Gasteiger partial charge is 0.325 e. The third-order valence-corrected chi connectivity index (χ3v) is 9.56. The molecule has 5 nitrogen and oxygen atoms in total. The summed E-state index contributed by atoms with van der Waals surface area (Å²) in [5.41, 5.74) is 7.75. The summed E-state index contributed by atoms with van der Waals surface area (Å²) in [6.45, 7) is 5.97. The topological polar surface area (TPSA) is 43.7 Å². The maximum absolute atomic E-state index is 12.5. The molecular weight excluding hydrogens is 412 g/mol. The van der Waals surface area contributed by atoms with Crippen molar-refractivity contribution in [2.45, 2.75) is 57.2 Å². The van der Waals surface area contributed by atoms with Crippen molar-refractivity contribution >= 4 is 16.9 Å². The minimum Gasteiger partial charge on any atom is -0.483 e. The van der Waals surface area contributed by atoms with Crippen LogP contribution in [0.15, 0.2) is 36.4 Å². The number of aryl methyl sites for hydroxylation is 1. The molecule has 4 atom stereocenters. The zero-order chi connectivity index (χ0) is 22.7. The van der Waals surface area contributed by atoms with Gasteiger partial charge >= 0.3 is 5.97 Å². The Morgan fingerprint density at radius 2 is 2.06 bits per heavy atom. The molecule has 2 aliphatic heterocycles. The van der Waals surface area contributed by atoms with Crippen LogP contribution in [0.5, 0.6) is 5.75 Å². The summed E-state index contributed by atoms with van der Waals surface area (Å²) in [6, 6.07) is 13.6. The van der Waals surface area contributed by atoms with Crippen molar-refractivity contribution in [3.8, 4) is 5.75 Å². The summed E-state index contributed by atoms with van der Waals surface area (Å²) in [4.78, 5) is 15.1. The van der Waals surface area contributed by atoms with E-state index in [9.17, 15) is 4.79 Å². The lowest BCUT2D eigenvalue weighted by Gasteiger charge is -2.64. The minimum atomic E-state index is -0.221. The van der Waals surface area contributed by atoms with Gasteiger partial charge in [-0.1, -0.05) is 37.3 Å². The summed E-state index contributed by atoms with van der Waals surface area (Å²) in [5, 5.41) is 1.25. The molecule has 2 aliphatic carbocycles. The number of piperidine rings is 1. The standard InChI is InChI=1S/C28H30N2O3/c1-16-9-10-17-13-21-27(2)14-19-18-7-5-6-8-20(18)30(15-22(31)32-4)24(19)26-28(27,11-12-29(21)3)23(17)25(16)33-26/h5-10,21,26H,11-15H2,1-4H3/t21-,26?,27+,28+/m1/s1. The van der Waals surface area contributed by atoms with E-state index in [4.69, 9.17) is 9.47 Å². The van der Waals surface area contributed by atoms with E-state index in [0.29, 0.717) is 6.04 Å². The van der Waals surface area contributed by atoms with Gasteiger partial charge in [0.2, 0.25) is 0 Å². The van der Waals surface area contributed by atoms with Crippen LogP contribution in [0.2, 0.25) is 0 Å². The highest BCUT2D eigenvalue weighted by atomic mass is 16.5. The fourth-order valence-corrected chi connectivity index (χ4v) is 8.07. The van der Waals surface area contributed by atoms with Crippen molar-refractivity contribution in [2.75, 3.05) is 20.7 Å². The average Bonchev–Trinajstić information content (AvgIpc) is 3.31. The summed E-state index contributed by atoms with van der Waals surface area (Å²) in [5.74, 6) is 0.871. The highest BCUT2D eigenvalue weighted by Crippen LogP contribution is 2.71. The van der Waals surface area contributed by atoms with Gasteiger partial charge in [0.1, 0.15) is 18.4 Å². The SMILES string of the molecule is COC(=O)Cn1c2c(c3ccccc31)C[C@@]1(C)[C@H]3Cc4ccc(C)c5c4[C@@]1(CCN3C)C2O5. The minimum absolute atomic E-state index is 0.0595. The molecule has 3 heterocycles. The zero-order valence-corrected chi connectivity index (χ0v) is 19.8. The Hall–Kier alpha value is -2.79. The Kier molecular flexibility index (Phi) is 3.70. The third kappa shape index (κ3) is 2.11. The van der Waals surface area contributed by atoms with Crippen LogP contribution in [-0.2, 0) is 34.3 Å². The second-order valence-corrected chi connectivity index (χ2v) is 10.8. The first-order chi connectivity index (χ1) is 15.9. The molecular formula is C28H30N2O3. The number of ether oxygens (including phenoxy) is 2. The number of rotatable bonds is 2. The monoisotopic (exact) mass is 442 g/mol. The quantitative estimate of drug-likeness (QED) is 0.555. The van der Waals surface area contributed by atoms with E-state index in [0.717, 1.165) is 37.1 Å². The van der Waals surface area contributed by atoms with Crippen molar-refractivity contribution in [1.29, 1.82) is 0 Å². The summed E-state index contributed by atoms with van der Waals surface area (Å²) >= 11 is 0. The van der Waals surface area contributed by atoms with Crippen LogP contribution in [-0.4, -0.2) is 42.2 Å². The number of nitrogens with zero attached hydrogens (tertiary/aromatic N) is 2. The Balaban J connectivity index is 1.59. The molecule has 7 rings (SSSR count). The number of methoxy groups -OCH3 is 1. The highest BCUT2D eigenvalue weighted by molar-refractivity contribution is 5.88. The van der Waals surface area contributed by atoms with E-state index in [1.807, 2.05) is 0 Å². The number of hydrogen-bond acceptors (Lipinski definition) is 4. The van der Waals surface area contributed by atoms with Crippen LogP contribution in [0.4, 0.5) is 0 Å². The Morgan fingerprint density at radius 3 is 2.88 bits per heavy atom. The van der Waals surface area contributed by atoms with Gasteiger partial charge in [0.15, 0.2) is 0 Å². The van der Waals surface area contributed by atoms with Gasteiger partial charge in [-0.25, -0.2) is 0 Å². The summed E-state index contributed by atoms with van der Waals surface area (Å²) in [6.07, 6.45) is 3.06. The highest BCUT2D eigenvalue weighted by Gasteiger charge is 2.70. The zero-order valence-electron chi connectivity index (χ0n) is 19.8. The van der Waals surface area contributed by atoms with Gasteiger partial charge < -0.3 is 18.9 Å². The summed E-state index contributed by atoms with van der Waals surface area (Å²) < 4.78 is 14.3. The van der Waals surface area contributed by atoms with Crippen LogP contribution in [0, 0.1) is 12.3 Å². The number of esters is 1. The maximum Gasteiger partial charge on any atom is 0.325 e. The van der Waals surface area contributed by atoms with Gasteiger partial charge in [-0.15, -0.1) is 0 Å². The first kappa shape index (κ1) is 19.7. The van der Waals surface area contributed by atoms with Crippen LogP contribution in [0.3, 0.4) is 0 Å². The molecule has 0 amide bonds. The number of carbonyl (C=O) groups excluding carboxylic acids is 1. The molecule has 0 N–H and O–H groups in total.